The molecule has 20 heavy (non-hydrogen) atoms. The van der Waals surface area contributed by atoms with Gasteiger partial charge in [-0.1, -0.05) is 23.7 Å². The molecule has 1 aromatic carbocycles. The first-order valence-corrected chi connectivity index (χ1v) is 6.04. The van der Waals surface area contributed by atoms with Gasteiger partial charge in [-0.25, -0.2) is 14.3 Å². The molecule has 2 rings (SSSR count). The lowest BCUT2D eigenvalue weighted by Gasteiger charge is -2.07. The highest BCUT2D eigenvalue weighted by atomic mass is 35.5. The molecule has 0 aliphatic rings. The van der Waals surface area contributed by atoms with Crippen LogP contribution in [0.5, 0.6) is 0 Å². The molecule has 0 fully saturated rings. The summed E-state index contributed by atoms with van der Waals surface area (Å²) in [7, 11) is 0. The Morgan fingerprint density at radius 2 is 2.00 bits per heavy atom. The van der Waals surface area contributed by atoms with E-state index in [2.05, 4.69) is 10.3 Å². The molecule has 0 saturated carbocycles. The zero-order chi connectivity index (χ0) is 14.9. The van der Waals surface area contributed by atoms with E-state index in [-0.39, 0.29) is 16.3 Å². The van der Waals surface area contributed by atoms with E-state index >= 15 is 0 Å². The fourth-order valence-corrected chi connectivity index (χ4v) is 2.00. The SMILES string of the molecule is CCc1c(C(=O)O)nnn1-c1ccc(Cl)c(C(=O)O)c1. The van der Waals surface area contributed by atoms with Crippen molar-refractivity contribution in [1.29, 1.82) is 0 Å². The molecule has 2 N–H and O–H groups in total. The lowest BCUT2D eigenvalue weighted by molar-refractivity contribution is 0.0681. The van der Waals surface area contributed by atoms with Crippen LogP contribution in [0.4, 0.5) is 0 Å². The van der Waals surface area contributed by atoms with Crippen molar-refractivity contribution in [1.82, 2.24) is 15.0 Å². The highest BCUT2D eigenvalue weighted by Crippen LogP contribution is 2.21. The van der Waals surface area contributed by atoms with Gasteiger partial charge in [-0.2, -0.15) is 0 Å². The van der Waals surface area contributed by atoms with E-state index in [4.69, 9.17) is 21.8 Å². The molecule has 2 aromatic rings. The zero-order valence-electron chi connectivity index (χ0n) is 10.4. The molecule has 1 heterocycles. The Kier molecular flexibility index (Phi) is 3.71. The molecule has 0 unspecified atom stereocenters. The first-order valence-electron chi connectivity index (χ1n) is 5.66. The summed E-state index contributed by atoms with van der Waals surface area (Å²) in [5, 5.41) is 25.5. The molecule has 104 valence electrons. The fourth-order valence-electron chi connectivity index (χ4n) is 1.80. The standard InChI is InChI=1S/C12H10ClN3O4/c1-2-9-10(12(19)20)14-15-16(9)6-3-4-8(13)7(5-6)11(17)18/h3-5H,2H2,1H3,(H,17,18)(H,19,20). The van der Waals surface area contributed by atoms with Crippen LogP contribution in [-0.2, 0) is 6.42 Å². The normalized spacial score (nSPS) is 10.5. The van der Waals surface area contributed by atoms with Crippen molar-refractivity contribution in [3.63, 3.8) is 0 Å². The molecule has 0 radical (unpaired) electrons. The summed E-state index contributed by atoms with van der Waals surface area (Å²) in [4.78, 5) is 22.1. The maximum atomic E-state index is 11.0. The van der Waals surface area contributed by atoms with Gasteiger partial charge >= 0.3 is 11.9 Å². The van der Waals surface area contributed by atoms with Crippen LogP contribution in [0.25, 0.3) is 5.69 Å². The molecule has 1 aromatic heterocycles. The summed E-state index contributed by atoms with van der Waals surface area (Å²) >= 11 is 5.79. The summed E-state index contributed by atoms with van der Waals surface area (Å²) in [6, 6.07) is 4.29. The Morgan fingerprint density at radius 3 is 2.55 bits per heavy atom. The predicted molar refractivity (Wildman–Crippen MR) is 69.7 cm³/mol. The number of hydrogen-bond acceptors (Lipinski definition) is 4. The third kappa shape index (κ3) is 2.35. The Morgan fingerprint density at radius 1 is 1.30 bits per heavy atom. The van der Waals surface area contributed by atoms with E-state index in [1.165, 1.54) is 16.8 Å². The smallest absolute Gasteiger partial charge is 0.358 e. The van der Waals surface area contributed by atoms with E-state index in [9.17, 15) is 9.59 Å². The third-order valence-electron chi connectivity index (χ3n) is 2.73. The summed E-state index contributed by atoms with van der Waals surface area (Å²) in [5.41, 5.74) is 0.540. The van der Waals surface area contributed by atoms with Gasteiger partial charge in [0.1, 0.15) is 0 Å². The lowest BCUT2D eigenvalue weighted by atomic mass is 10.2. The van der Waals surface area contributed by atoms with Crippen molar-refractivity contribution in [2.45, 2.75) is 13.3 Å². The average Bonchev–Trinajstić information content (AvgIpc) is 2.82. The summed E-state index contributed by atoms with van der Waals surface area (Å²) < 4.78 is 1.30. The van der Waals surface area contributed by atoms with E-state index < -0.39 is 11.9 Å². The van der Waals surface area contributed by atoms with Gasteiger partial charge < -0.3 is 10.2 Å². The molecular weight excluding hydrogens is 286 g/mol. The van der Waals surface area contributed by atoms with Crippen LogP contribution >= 0.6 is 11.6 Å². The number of aromatic nitrogens is 3. The van der Waals surface area contributed by atoms with Crippen LogP contribution in [0.3, 0.4) is 0 Å². The molecule has 0 aliphatic heterocycles. The maximum absolute atomic E-state index is 11.0. The molecule has 0 amide bonds. The minimum Gasteiger partial charge on any atom is -0.478 e. The average molecular weight is 296 g/mol. The van der Waals surface area contributed by atoms with Gasteiger partial charge in [0.2, 0.25) is 0 Å². The molecule has 0 spiro atoms. The molecule has 0 atom stereocenters. The van der Waals surface area contributed by atoms with E-state index in [1.54, 1.807) is 13.0 Å². The van der Waals surface area contributed by atoms with Gasteiger partial charge in [0.05, 0.1) is 22.0 Å². The topological polar surface area (TPSA) is 105 Å². The molecule has 7 nitrogen and oxygen atoms in total. The van der Waals surface area contributed by atoms with Gasteiger partial charge in [0.25, 0.3) is 0 Å². The molecule has 8 heteroatoms. The zero-order valence-corrected chi connectivity index (χ0v) is 11.1. The first kappa shape index (κ1) is 14.0. The Hall–Kier alpha value is -2.41. The molecule has 0 bridgehead atoms. The van der Waals surface area contributed by atoms with Crippen LogP contribution in [0.2, 0.25) is 5.02 Å². The second-order valence-electron chi connectivity index (χ2n) is 3.92. The van der Waals surface area contributed by atoms with Crippen LogP contribution in [0.1, 0.15) is 33.5 Å². The molecular formula is C12H10ClN3O4. The number of carboxylic acids is 2. The highest BCUT2D eigenvalue weighted by molar-refractivity contribution is 6.33. The second-order valence-corrected chi connectivity index (χ2v) is 4.33. The number of hydrogen-bond donors (Lipinski definition) is 2. The monoisotopic (exact) mass is 295 g/mol. The number of carboxylic acid groups (broad SMARTS) is 2. The van der Waals surface area contributed by atoms with Crippen LogP contribution in [-0.4, -0.2) is 37.1 Å². The maximum Gasteiger partial charge on any atom is 0.358 e. The van der Waals surface area contributed by atoms with Gasteiger partial charge in [-0.05, 0) is 24.6 Å². The minimum absolute atomic E-state index is 0.0846. The third-order valence-corrected chi connectivity index (χ3v) is 3.06. The van der Waals surface area contributed by atoms with Crippen molar-refractivity contribution < 1.29 is 19.8 Å². The predicted octanol–water partition coefficient (Wildman–Crippen LogP) is 1.88. The van der Waals surface area contributed by atoms with Crippen molar-refractivity contribution in [2.24, 2.45) is 0 Å². The largest absolute Gasteiger partial charge is 0.478 e. The van der Waals surface area contributed by atoms with Crippen molar-refractivity contribution in [3.8, 4) is 5.69 Å². The lowest BCUT2D eigenvalue weighted by Crippen LogP contribution is -2.07. The van der Waals surface area contributed by atoms with E-state index in [0.29, 0.717) is 17.8 Å². The van der Waals surface area contributed by atoms with Gasteiger partial charge in [-0.15, -0.1) is 5.10 Å². The van der Waals surface area contributed by atoms with E-state index in [0.717, 1.165) is 0 Å². The minimum atomic E-state index is -1.18. The number of carbonyl (C=O) groups is 2. The Bertz CT molecular complexity index is 696. The Labute approximate surface area is 118 Å². The van der Waals surface area contributed by atoms with Gasteiger partial charge in [0, 0.05) is 0 Å². The summed E-state index contributed by atoms with van der Waals surface area (Å²) in [6.07, 6.45) is 0.389. The van der Waals surface area contributed by atoms with Gasteiger partial charge in [-0.3, -0.25) is 0 Å². The summed E-state index contributed by atoms with van der Waals surface area (Å²) in [5.74, 6) is -2.35. The number of nitrogens with zero attached hydrogens (tertiary/aromatic N) is 3. The molecule has 0 aliphatic carbocycles. The number of halogens is 1. The van der Waals surface area contributed by atoms with Crippen molar-refractivity contribution in [2.75, 3.05) is 0 Å². The fraction of sp³-hybridized carbons (Fsp3) is 0.167. The van der Waals surface area contributed by atoms with Crippen LogP contribution in [0, 0.1) is 0 Å². The highest BCUT2D eigenvalue weighted by Gasteiger charge is 2.19. The quantitative estimate of drug-likeness (QED) is 0.892. The number of benzene rings is 1. The number of rotatable bonds is 4. The summed E-state index contributed by atoms with van der Waals surface area (Å²) in [6.45, 7) is 1.76. The van der Waals surface area contributed by atoms with E-state index in [1.807, 2.05) is 0 Å². The Balaban J connectivity index is 2.60. The van der Waals surface area contributed by atoms with Crippen LogP contribution < -0.4 is 0 Å². The van der Waals surface area contributed by atoms with Crippen molar-refractivity contribution in [3.05, 3.63) is 40.2 Å². The second kappa shape index (κ2) is 5.30. The van der Waals surface area contributed by atoms with Crippen molar-refractivity contribution >= 4 is 23.5 Å². The molecule has 0 saturated heterocycles. The van der Waals surface area contributed by atoms with Gasteiger partial charge in [0.15, 0.2) is 5.69 Å². The number of aromatic carboxylic acids is 2. The first-order chi connectivity index (χ1) is 9.45. The van der Waals surface area contributed by atoms with Crippen LogP contribution in [0.15, 0.2) is 18.2 Å².